The van der Waals surface area contributed by atoms with Crippen LogP contribution < -0.4 is 4.90 Å². The Bertz CT molecular complexity index is 971. The largest absolute Gasteiger partial charge is 0.352 e. The SMILES string of the molecule is O=C(C1CCCC1)N1CCN(c2ncnc3c2cnn3-c2ccccc2)CC1. The van der Waals surface area contributed by atoms with E-state index >= 15 is 0 Å². The Balaban J connectivity index is 1.36. The van der Waals surface area contributed by atoms with E-state index in [4.69, 9.17) is 0 Å². The lowest BCUT2D eigenvalue weighted by molar-refractivity contribution is -0.135. The number of carbonyl (C=O) groups is 1. The maximum Gasteiger partial charge on any atom is 0.225 e. The third-order valence-corrected chi connectivity index (χ3v) is 5.94. The van der Waals surface area contributed by atoms with E-state index in [1.807, 2.05) is 46.1 Å². The summed E-state index contributed by atoms with van der Waals surface area (Å²) in [6.45, 7) is 3.10. The van der Waals surface area contributed by atoms with Gasteiger partial charge in [0.25, 0.3) is 0 Å². The summed E-state index contributed by atoms with van der Waals surface area (Å²) >= 11 is 0. The summed E-state index contributed by atoms with van der Waals surface area (Å²) in [4.78, 5) is 26.0. The minimum absolute atomic E-state index is 0.251. The van der Waals surface area contributed by atoms with Crippen LogP contribution in [0.3, 0.4) is 0 Å². The summed E-state index contributed by atoms with van der Waals surface area (Å²) < 4.78 is 1.85. The lowest BCUT2D eigenvalue weighted by Gasteiger charge is -2.36. The number of carbonyl (C=O) groups excluding carboxylic acids is 1. The first-order valence-electron chi connectivity index (χ1n) is 10.1. The molecule has 0 spiro atoms. The van der Waals surface area contributed by atoms with Gasteiger partial charge in [-0.25, -0.2) is 14.6 Å². The van der Waals surface area contributed by atoms with E-state index in [9.17, 15) is 4.79 Å². The molecule has 0 radical (unpaired) electrons. The highest BCUT2D eigenvalue weighted by atomic mass is 16.2. The number of rotatable bonds is 3. The van der Waals surface area contributed by atoms with Crippen LogP contribution in [-0.4, -0.2) is 56.7 Å². The van der Waals surface area contributed by atoms with Gasteiger partial charge in [-0.2, -0.15) is 5.10 Å². The molecule has 2 aromatic heterocycles. The zero-order valence-electron chi connectivity index (χ0n) is 15.9. The average molecular weight is 376 g/mol. The molecule has 3 heterocycles. The molecule has 1 aliphatic carbocycles. The summed E-state index contributed by atoms with van der Waals surface area (Å²) in [6.07, 6.45) is 7.96. The molecule has 0 N–H and O–H groups in total. The van der Waals surface area contributed by atoms with Crippen LogP contribution in [0.1, 0.15) is 25.7 Å². The molecule has 0 atom stereocenters. The molecule has 3 aromatic rings. The Morgan fingerprint density at radius 1 is 0.964 bits per heavy atom. The molecule has 2 fully saturated rings. The van der Waals surface area contributed by atoms with Crippen LogP contribution in [0.25, 0.3) is 16.7 Å². The van der Waals surface area contributed by atoms with Crippen LogP contribution in [0.4, 0.5) is 5.82 Å². The first-order chi connectivity index (χ1) is 13.8. The van der Waals surface area contributed by atoms with Crippen LogP contribution in [0, 0.1) is 5.92 Å². The van der Waals surface area contributed by atoms with Gasteiger partial charge in [0.2, 0.25) is 5.91 Å². The fourth-order valence-electron chi connectivity index (χ4n) is 4.41. The van der Waals surface area contributed by atoms with E-state index in [0.29, 0.717) is 5.91 Å². The van der Waals surface area contributed by atoms with E-state index in [0.717, 1.165) is 61.6 Å². The zero-order valence-corrected chi connectivity index (χ0v) is 15.9. The van der Waals surface area contributed by atoms with Crippen molar-refractivity contribution in [3.05, 3.63) is 42.9 Å². The van der Waals surface area contributed by atoms with Gasteiger partial charge in [0, 0.05) is 32.1 Å². The van der Waals surface area contributed by atoms with E-state index in [2.05, 4.69) is 20.0 Å². The monoisotopic (exact) mass is 376 g/mol. The van der Waals surface area contributed by atoms with Gasteiger partial charge in [-0.3, -0.25) is 4.79 Å². The normalized spacial score (nSPS) is 18.1. The molecular formula is C21H24N6O. The molecule has 1 amide bonds. The Kier molecular flexibility index (Phi) is 4.43. The highest BCUT2D eigenvalue weighted by Crippen LogP contribution is 2.28. The number of hydrogen-bond donors (Lipinski definition) is 0. The molecule has 2 aliphatic rings. The summed E-state index contributed by atoms with van der Waals surface area (Å²) in [5.74, 6) is 1.50. The smallest absolute Gasteiger partial charge is 0.225 e. The van der Waals surface area contributed by atoms with Gasteiger partial charge < -0.3 is 9.80 Å². The Morgan fingerprint density at radius 3 is 2.46 bits per heavy atom. The van der Waals surface area contributed by atoms with Crippen molar-refractivity contribution in [2.45, 2.75) is 25.7 Å². The molecule has 7 nitrogen and oxygen atoms in total. The van der Waals surface area contributed by atoms with Crippen molar-refractivity contribution in [1.82, 2.24) is 24.6 Å². The minimum atomic E-state index is 0.251. The number of aromatic nitrogens is 4. The quantitative estimate of drug-likeness (QED) is 0.703. The van der Waals surface area contributed by atoms with Crippen molar-refractivity contribution in [2.24, 2.45) is 5.92 Å². The molecule has 28 heavy (non-hydrogen) atoms. The molecule has 1 saturated carbocycles. The predicted molar refractivity (Wildman–Crippen MR) is 107 cm³/mol. The van der Waals surface area contributed by atoms with Crippen molar-refractivity contribution in [3.8, 4) is 5.69 Å². The lowest BCUT2D eigenvalue weighted by Crippen LogP contribution is -2.50. The number of nitrogens with zero attached hydrogens (tertiary/aromatic N) is 6. The number of amides is 1. The lowest BCUT2D eigenvalue weighted by atomic mass is 10.1. The van der Waals surface area contributed by atoms with Gasteiger partial charge in [0.05, 0.1) is 17.3 Å². The Morgan fingerprint density at radius 2 is 1.71 bits per heavy atom. The van der Waals surface area contributed by atoms with Crippen LogP contribution >= 0.6 is 0 Å². The average Bonchev–Trinajstić information content (AvgIpc) is 3.44. The molecule has 0 bridgehead atoms. The second kappa shape index (κ2) is 7.22. The highest BCUT2D eigenvalue weighted by Gasteiger charge is 2.30. The molecule has 144 valence electrons. The number of piperazine rings is 1. The highest BCUT2D eigenvalue weighted by molar-refractivity contribution is 5.88. The molecule has 1 aromatic carbocycles. The maximum atomic E-state index is 12.7. The summed E-state index contributed by atoms with van der Waals surface area (Å²) in [5, 5.41) is 5.49. The van der Waals surface area contributed by atoms with Gasteiger partial charge in [-0.05, 0) is 25.0 Å². The predicted octanol–water partition coefficient (Wildman–Crippen LogP) is 2.65. The molecule has 0 unspecified atom stereocenters. The first-order valence-corrected chi connectivity index (χ1v) is 10.1. The van der Waals surface area contributed by atoms with Crippen molar-refractivity contribution >= 4 is 22.8 Å². The zero-order chi connectivity index (χ0) is 18.9. The van der Waals surface area contributed by atoms with E-state index in [1.165, 1.54) is 12.8 Å². The first kappa shape index (κ1) is 17.2. The third kappa shape index (κ3) is 3.00. The fraction of sp³-hybridized carbons (Fsp3) is 0.429. The van der Waals surface area contributed by atoms with Crippen LogP contribution in [-0.2, 0) is 4.79 Å². The van der Waals surface area contributed by atoms with Crippen LogP contribution in [0.5, 0.6) is 0 Å². The van der Waals surface area contributed by atoms with Crippen molar-refractivity contribution in [2.75, 3.05) is 31.1 Å². The summed E-state index contributed by atoms with van der Waals surface area (Å²) in [7, 11) is 0. The number of para-hydroxylation sites is 1. The van der Waals surface area contributed by atoms with E-state index < -0.39 is 0 Å². The molecule has 1 aliphatic heterocycles. The van der Waals surface area contributed by atoms with Crippen molar-refractivity contribution in [1.29, 1.82) is 0 Å². The molecule has 1 saturated heterocycles. The van der Waals surface area contributed by atoms with E-state index in [-0.39, 0.29) is 5.92 Å². The van der Waals surface area contributed by atoms with Crippen LogP contribution in [0.2, 0.25) is 0 Å². The second-order valence-electron chi connectivity index (χ2n) is 7.62. The molecular weight excluding hydrogens is 352 g/mol. The topological polar surface area (TPSA) is 67.2 Å². The second-order valence-corrected chi connectivity index (χ2v) is 7.62. The maximum absolute atomic E-state index is 12.7. The van der Waals surface area contributed by atoms with Gasteiger partial charge in [0.1, 0.15) is 12.1 Å². The molecule has 5 rings (SSSR count). The van der Waals surface area contributed by atoms with Gasteiger partial charge in [-0.1, -0.05) is 31.0 Å². The summed E-state index contributed by atoms with van der Waals surface area (Å²) in [5.41, 5.74) is 1.79. The standard InChI is InChI=1S/C21H24N6O/c28-21(16-6-4-5-7-16)26-12-10-25(11-13-26)19-18-14-24-27(20(18)23-15-22-19)17-8-2-1-3-9-17/h1-3,8-9,14-16H,4-7,10-13H2. The van der Waals surface area contributed by atoms with Gasteiger partial charge in [-0.15, -0.1) is 0 Å². The minimum Gasteiger partial charge on any atom is -0.352 e. The van der Waals surface area contributed by atoms with Crippen molar-refractivity contribution in [3.63, 3.8) is 0 Å². The summed E-state index contributed by atoms with van der Waals surface area (Å²) in [6, 6.07) is 10.0. The van der Waals surface area contributed by atoms with Gasteiger partial charge in [0.15, 0.2) is 5.65 Å². The number of anilines is 1. The fourth-order valence-corrected chi connectivity index (χ4v) is 4.41. The van der Waals surface area contributed by atoms with Gasteiger partial charge >= 0.3 is 0 Å². The number of hydrogen-bond acceptors (Lipinski definition) is 5. The van der Waals surface area contributed by atoms with Crippen molar-refractivity contribution < 1.29 is 4.79 Å². The van der Waals surface area contributed by atoms with Crippen LogP contribution in [0.15, 0.2) is 42.9 Å². The number of fused-ring (bicyclic) bond motifs is 1. The Hall–Kier alpha value is -2.96. The third-order valence-electron chi connectivity index (χ3n) is 5.94. The van der Waals surface area contributed by atoms with E-state index in [1.54, 1.807) is 6.33 Å². The Labute approximate surface area is 164 Å². The number of benzene rings is 1. The molecule has 7 heteroatoms.